The average Bonchev–Trinajstić information content (AvgIpc) is 2.40. The summed E-state index contributed by atoms with van der Waals surface area (Å²) in [5.74, 6) is 0. The SMILES string of the molecule is CN1CCOC2CCCCC21c1ccccc1. The van der Waals surface area contributed by atoms with E-state index in [9.17, 15) is 0 Å². The Bertz CT molecular complexity index is 376. The monoisotopic (exact) mass is 231 g/mol. The lowest BCUT2D eigenvalue weighted by atomic mass is 9.72. The van der Waals surface area contributed by atoms with Crippen molar-refractivity contribution in [2.45, 2.75) is 37.3 Å². The molecule has 92 valence electrons. The van der Waals surface area contributed by atoms with Crippen LogP contribution in [0.1, 0.15) is 31.2 Å². The van der Waals surface area contributed by atoms with E-state index >= 15 is 0 Å². The van der Waals surface area contributed by atoms with Crippen molar-refractivity contribution >= 4 is 0 Å². The van der Waals surface area contributed by atoms with Crippen LogP contribution in [0.25, 0.3) is 0 Å². The lowest BCUT2D eigenvalue weighted by Gasteiger charge is -2.53. The average molecular weight is 231 g/mol. The second kappa shape index (κ2) is 4.43. The van der Waals surface area contributed by atoms with Crippen molar-refractivity contribution < 1.29 is 4.74 Å². The van der Waals surface area contributed by atoms with Crippen molar-refractivity contribution in [3.05, 3.63) is 35.9 Å². The van der Waals surface area contributed by atoms with E-state index in [0.29, 0.717) is 6.10 Å². The molecule has 0 bridgehead atoms. The standard InChI is InChI=1S/C15H21NO/c1-16-11-12-17-14-9-5-6-10-15(14,16)13-7-3-2-4-8-13/h2-4,7-8,14H,5-6,9-12H2,1H3. The molecular formula is C15H21NO. The molecule has 1 aliphatic carbocycles. The van der Waals surface area contributed by atoms with Crippen molar-refractivity contribution in [1.82, 2.24) is 4.90 Å². The molecule has 2 heteroatoms. The summed E-state index contributed by atoms with van der Waals surface area (Å²) in [5, 5.41) is 0. The molecule has 17 heavy (non-hydrogen) atoms. The van der Waals surface area contributed by atoms with Gasteiger partial charge in [-0.25, -0.2) is 0 Å². The molecule has 1 aromatic rings. The summed E-state index contributed by atoms with van der Waals surface area (Å²) in [5.41, 5.74) is 1.57. The van der Waals surface area contributed by atoms with Crippen LogP contribution in [-0.2, 0) is 10.3 Å². The van der Waals surface area contributed by atoms with Crippen LogP contribution in [0.2, 0.25) is 0 Å². The van der Waals surface area contributed by atoms with Crippen LogP contribution in [-0.4, -0.2) is 31.2 Å². The molecule has 2 fully saturated rings. The first-order valence-corrected chi connectivity index (χ1v) is 6.72. The number of likely N-dealkylation sites (N-methyl/N-ethyl adjacent to an activating group) is 1. The number of rotatable bonds is 1. The van der Waals surface area contributed by atoms with Crippen molar-refractivity contribution in [1.29, 1.82) is 0 Å². The highest BCUT2D eigenvalue weighted by Crippen LogP contribution is 2.44. The molecule has 0 amide bonds. The Hall–Kier alpha value is -0.860. The van der Waals surface area contributed by atoms with Gasteiger partial charge in [-0.3, -0.25) is 4.90 Å². The maximum Gasteiger partial charge on any atom is 0.0801 e. The zero-order valence-electron chi connectivity index (χ0n) is 10.6. The van der Waals surface area contributed by atoms with Crippen LogP contribution in [0.4, 0.5) is 0 Å². The molecule has 2 atom stereocenters. The number of nitrogens with zero attached hydrogens (tertiary/aromatic N) is 1. The Balaban J connectivity index is 2.04. The number of hydrogen-bond acceptors (Lipinski definition) is 2. The van der Waals surface area contributed by atoms with Crippen molar-refractivity contribution in [3.63, 3.8) is 0 Å². The second-order valence-corrected chi connectivity index (χ2v) is 5.32. The zero-order chi connectivity index (χ0) is 11.7. The van der Waals surface area contributed by atoms with E-state index in [4.69, 9.17) is 4.74 Å². The maximum absolute atomic E-state index is 6.07. The fraction of sp³-hybridized carbons (Fsp3) is 0.600. The minimum atomic E-state index is 0.137. The van der Waals surface area contributed by atoms with E-state index in [1.54, 1.807) is 0 Å². The molecular weight excluding hydrogens is 210 g/mol. The summed E-state index contributed by atoms with van der Waals surface area (Å²) in [6.45, 7) is 1.93. The van der Waals surface area contributed by atoms with Crippen LogP contribution >= 0.6 is 0 Å². The maximum atomic E-state index is 6.07. The fourth-order valence-corrected chi connectivity index (χ4v) is 3.59. The smallest absolute Gasteiger partial charge is 0.0801 e. The summed E-state index contributed by atoms with van der Waals surface area (Å²) in [6.07, 6.45) is 5.46. The van der Waals surface area contributed by atoms with E-state index in [-0.39, 0.29) is 5.54 Å². The van der Waals surface area contributed by atoms with Gasteiger partial charge in [0.05, 0.1) is 18.2 Å². The van der Waals surface area contributed by atoms with Crippen molar-refractivity contribution in [2.75, 3.05) is 20.2 Å². The Kier molecular flexibility index (Phi) is 2.93. The van der Waals surface area contributed by atoms with E-state index in [1.807, 2.05) is 0 Å². The number of ether oxygens (including phenoxy) is 1. The normalized spacial score (nSPS) is 34.3. The van der Waals surface area contributed by atoms with Crippen LogP contribution < -0.4 is 0 Å². The van der Waals surface area contributed by atoms with Gasteiger partial charge in [-0.05, 0) is 25.5 Å². The van der Waals surface area contributed by atoms with Crippen LogP contribution in [0.3, 0.4) is 0 Å². The van der Waals surface area contributed by atoms with Crippen molar-refractivity contribution in [2.24, 2.45) is 0 Å². The lowest BCUT2D eigenvalue weighted by Crippen LogP contribution is -2.59. The third-order valence-electron chi connectivity index (χ3n) is 4.51. The fourth-order valence-electron chi connectivity index (χ4n) is 3.59. The molecule has 0 N–H and O–H groups in total. The van der Waals surface area contributed by atoms with Gasteiger partial charge in [0.1, 0.15) is 0 Å². The Morgan fingerprint density at radius 2 is 2.06 bits per heavy atom. The molecule has 2 unspecified atom stereocenters. The number of morpholine rings is 1. The molecule has 2 nitrogen and oxygen atoms in total. The van der Waals surface area contributed by atoms with E-state index in [2.05, 4.69) is 42.3 Å². The third-order valence-corrected chi connectivity index (χ3v) is 4.51. The lowest BCUT2D eigenvalue weighted by molar-refractivity contribution is -0.141. The molecule has 0 spiro atoms. The summed E-state index contributed by atoms with van der Waals surface area (Å²) >= 11 is 0. The highest BCUT2D eigenvalue weighted by molar-refractivity contribution is 5.28. The third kappa shape index (κ3) is 1.71. The quantitative estimate of drug-likeness (QED) is 0.737. The Labute approximate surface area is 104 Å². The number of hydrogen-bond donors (Lipinski definition) is 0. The van der Waals surface area contributed by atoms with E-state index < -0.39 is 0 Å². The second-order valence-electron chi connectivity index (χ2n) is 5.32. The highest BCUT2D eigenvalue weighted by atomic mass is 16.5. The van der Waals surface area contributed by atoms with Crippen molar-refractivity contribution in [3.8, 4) is 0 Å². The number of benzene rings is 1. The summed E-state index contributed by atoms with van der Waals surface area (Å²) in [7, 11) is 2.26. The largest absolute Gasteiger partial charge is 0.375 e. The van der Waals surface area contributed by atoms with Gasteiger partial charge >= 0.3 is 0 Å². The van der Waals surface area contributed by atoms with Gasteiger partial charge in [-0.1, -0.05) is 43.2 Å². The van der Waals surface area contributed by atoms with E-state index in [1.165, 1.54) is 31.2 Å². The molecule has 1 heterocycles. The minimum absolute atomic E-state index is 0.137. The van der Waals surface area contributed by atoms with Gasteiger partial charge < -0.3 is 4.74 Å². The molecule has 1 saturated carbocycles. The molecule has 1 saturated heterocycles. The van der Waals surface area contributed by atoms with Crippen LogP contribution in [0.15, 0.2) is 30.3 Å². The first-order chi connectivity index (χ1) is 8.34. The zero-order valence-corrected chi connectivity index (χ0v) is 10.6. The Morgan fingerprint density at radius 1 is 1.24 bits per heavy atom. The summed E-state index contributed by atoms with van der Waals surface area (Å²) in [6, 6.07) is 10.9. The van der Waals surface area contributed by atoms with Gasteiger partial charge in [0.15, 0.2) is 0 Å². The molecule has 0 aromatic heterocycles. The van der Waals surface area contributed by atoms with E-state index in [0.717, 1.165) is 13.2 Å². The molecule has 0 radical (unpaired) electrons. The molecule has 3 rings (SSSR count). The first-order valence-electron chi connectivity index (χ1n) is 6.72. The summed E-state index contributed by atoms with van der Waals surface area (Å²) < 4.78 is 6.07. The van der Waals surface area contributed by atoms with Gasteiger partial charge in [0.25, 0.3) is 0 Å². The van der Waals surface area contributed by atoms with Crippen LogP contribution in [0.5, 0.6) is 0 Å². The topological polar surface area (TPSA) is 12.5 Å². The predicted molar refractivity (Wildman–Crippen MR) is 69.0 cm³/mol. The van der Waals surface area contributed by atoms with Crippen LogP contribution in [0, 0.1) is 0 Å². The van der Waals surface area contributed by atoms with Gasteiger partial charge in [-0.2, -0.15) is 0 Å². The summed E-state index contributed by atoms with van der Waals surface area (Å²) in [4.78, 5) is 2.52. The van der Waals surface area contributed by atoms with Gasteiger partial charge in [0.2, 0.25) is 0 Å². The predicted octanol–water partition coefficient (Wildman–Crippen LogP) is 2.79. The molecule has 1 aliphatic heterocycles. The van der Waals surface area contributed by atoms with Gasteiger partial charge in [-0.15, -0.1) is 0 Å². The molecule has 1 aromatic carbocycles. The Morgan fingerprint density at radius 3 is 2.88 bits per heavy atom. The minimum Gasteiger partial charge on any atom is -0.375 e. The highest BCUT2D eigenvalue weighted by Gasteiger charge is 2.47. The first kappa shape index (κ1) is 11.2. The van der Waals surface area contributed by atoms with Gasteiger partial charge in [0, 0.05) is 6.54 Å². The molecule has 2 aliphatic rings. The number of fused-ring (bicyclic) bond motifs is 1.